The molecule has 2 aromatic carbocycles. The predicted octanol–water partition coefficient (Wildman–Crippen LogP) is 4.15. The minimum absolute atomic E-state index is 0.0586. The highest BCUT2D eigenvalue weighted by atomic mass is 35.5. The van der Waals surface area contributed by atoms with Crippen LogP contribution in [0, 0.1) is 0 Å². The monoisotopic (exact) mass is 373 g/mol. The summed E-state index contributed by atoms with van der Waals surface area (Å²) in [7, 11) is 1.31. The van der Waals surface area contributed by atoms with Gasteiger partial charge in [0.2, 0.25) is 0 Å². The first kappa shape index (κ1) is 20.0. The Morgan fingerprint density at radius 1 is 1.04 bits per heavy atom. The van der Waals surface area contributed by atoms with E-state index < -0.39 is 12.0 Å². The molecule has 138 valence electrons. The molecule has 0 bridgehead atoms. The van der Waals surface area contributed by atoms with E-state index in [1.54, 1.807) is 24.3 Å². The summed E-state index contributed by atoms with van der Waals surface area (Å²) >= 11 is 5.84. The van der Waals surface area contributed by atoms with Gasteiger partial charge < -0.3 is 10.1 Å². The third-order valence-corrected chi connectivity index (χ3v) is 4.41. The van der Waals surface area contributed by atoms with Crippen LogP contribution in [0.4, 0.5) is 0 Å². The maximum atomic E-state index is 12.4. The molecule has 0 saturated heterocycles. The van der Waals surface area contributed by atoms with Crippen LogP contribution in [0.15, 0.2) is 48.5 Å². The molecule has 0 spiro atoms. The van der Waals surface area contributed by atoms with Crippen molar-refractivity contribution in [3.8, 4) is 0 Å². The number of hydrogen-bond acceptors (Lipinski definition) is 3. The first-order valence-corrected chi connectivity index (χ1v) is 8.82. The number of methoxy groups -OCH3 is 1. The van der Waals surface area contributed by atoms with Crippen LogP contribution in [0.1, 0.15) is 42.3 Å². The lowest BCUT2D eigenvalue weighted by molar-refractivity contribution is -0.142. The lowest BCUT2D eigenvalue weighted by Gasteiger charge is -2.20. The van der Waals surface area contributed by atoms with Crippen LogP contribution in [-0.4, -0.2) is 25.0 Å². The Bertz CT molecular complexity index is 761. The Morgan fingerprint density at radius 2 is 1.62 bits per heavy atom. The first-order chi connectivity index (χ1) is 12.2. The zero-order chi connectivity index (χ0) is 19.3. The molecule has 2 aromatic rings. The molecule has 0 radical (unpaired) electrons. The van der Waals surface area contributed by atoms with Crippen molar-refractivity contribution < 1.29 is 14.3 Å². The van der Waals surface area contributed by atoms with Crippen molar-refractivity contribution in [3.05, 3.63) is 70.2 Å². The maximum Gasteiger partial charge on any atom is 0.328 e. The molecule has 1 N–H and O–H groups in total. The van der Waals surface area contributed by atoms with E-state index in [-0.39, 0.29) is 11.3 Å². The Balaban J connectivity index is 2.13. The highest BCUT2D eigenvalue weighted by molar-refractivity contribution is 6.30. The van der Waals surface area contributed by atoms with Crippen LogP contribution in [0.5, 0.6) is 0 Å². The molecule has 5 heteroatoms. The summed E-state index contributed by atoms with van der Waals surface area (Å²) in [5.74, 6) is -0.824. The number of esters is 1. The third-order valence-electron chi connectivity index (χ3n) is 4.16. The van der Waals surface area contributed by atoms with Crippen molar-refractivity contribution in [2.24, 2.45) is 0 Å². The van der Waals surface area contributed by atoms with E-state index in [1.807, 2.05) is 24.3 Å². The third kappa shape index (κ3) is 5.33. The Kier molecular flexibility index (Phi) is 6.43. The zero-order valence-corrected chi connectivity index (χ0v) is 16.3. The number of amides is 1. The number of carbonyl (C=O) groups is 2. The van der Waals surface area contributed by atoms with Crippen LogP contribution >= 0.6 is 11.6 Å². The largest absolute Gasteiger partial charge is 0.467 e. The predicted molar refractivity (Wildman–Crippen MR) is 104 cm³/mol. The summed E-state index contributed by atoms with van der Waals surface area (Å²) in [6, 6.07) is 13.8. The summed E-state index contributed by atoms with van der Waals surface area (Å²) in [6.07, 6.45) is 0.358. The molecule has 0 saturated carbocycles. The summed E-state index contributed by atoms with van der Waals surface area (Å²) in [5.41, 5.74) is 2.65. The van der Waals surface area contributed by atoms with Crippen LogP contribution in [-0.2, 0) is 21.4 Å². The summed E-state index contributed by atoms with van der Waals surface area (Å²) in [6.45, 7) is 6.43. The van der Waals surface area contributed by atoms with E-state index in [1.165, 1.54) is 12.7 Å². The second kappa shape index (κ2) is 8.37. The van der Waals surface area contributed by atoms with E-state index in [2.05, 4.69) is 26.1 Å². The number of rotatable bonds is 5. The highest BCUT2D eigenvalue weighted by Crippen LogP contribution is 2.22. The number of carbonyl (C=O) groups excluding carboxylic acids is 2. The first-order valence-electron chi connectivity index (χ1n) is 8.44. The summed E-state index contributed by atoms with van der Waals surface area (Å²) in [4.78, 5) is 24.5. The fraction of sp³-hybridized carbons (Fsp3) is 0.333. The minimum Gasteiger partial charge on any atom is -0.467 e. The SMILES string of the molecule is COC(=O)[C@@H](Cc1ccc(C(C)(C)C)cc1)NC(=O)c1ccc(Cl)cc1. The number of hydrogen-bond donors (Lipinski definition) is 1. The summed E-state index contributed by atoms with van der Waals surface area (Å²) in [5, 5.41) is 3.29. The van der Waals surface area contributed by atoms with E-state index in [0.717, 1.165) is 5.56 Å². The average molecular weight is 374 g/mol. The van der Waals surface area contributed by atoms with E-state index in [0.29, 0.717) is 17.0 Å². The molecule has 0 unspecified atom stereocenters. The molecule has 4 nitrogen and oxygen atoms in total. The van der Waals surface area contributed by atoms with Gasteiger partial charge in [-0.15, -0.1) is 0 Å². The Hall–Kier alpha value is -2.33. The molecular weight excluding hydrogens is 350 g/mol. The fourth-order valence-electron chi connectivity index (χ4n) is 2.55. The van der Waals surface area contributed by atoms with Gasteiger partial charge in [-0.1, -0.05) is 56.6 Å². The van der Waals surface area contributed by atoms with E-state index >= 15 is 0 Å². The molecule has 0 aliphatic rings. The van der Waals surface area contributed by atoms with E-state index in [9.17, 15) is 9.59 Å². The molecule has 26 heavy (non-hydrogen) atoms. The van der Waals surface area contributed by atoms with Gasteiger partial charge in [0.25, 0.3) is 5.91 Å². The number of benzene rings is 2. The average Bonchev–Trinajstić information content (AvgIpc) is 2.60. The maximum absolute atomic E-state index is 12.4. The second-order valence-electron chi connectivity index (χ2n) is 7.21. The van der Waals surface area contributed by atoms with Gasteiger partial charge in [-0.3, -0.25) is 4.79 Å². The molecule has 0 aliphatic carbocycles. The van der Waals surface area contributed by atoms with Gasteiger partial charge in [0.1, 0.15) is 6.04 Å². The Morgan fingerprint density at radius 3 is 2.12 bits per heavy atom. The highest BCUT2D eigenvalue weighted by Gasteiger charge is 2.23. The summed E-state index contributed by atoms with van der Waals surface area (Å²) < 4.78 is 4.84. The number of halogens is 1. The molecular formula is C21H24ClNO3. The van der Waals surface area contributed by atoms with Gasteiger partial charge in [-0.2, -0.15) is 0 Å². The second-order valence-corrected chi connectivity index (χ2v) is 7.64. The number of nitrogens with one attached hydrogen (secondary N) is 1. The van der Waals surface area contributed by atoms with Gasteiger partial charge in [-0.25, -0.2) is 4.79 Å². The van der Waals surface area contributed by atoms with Crippen molar-refractivity contribution in [1.29, 1.82) is 0 Å². The van der Waals surface area contributed by atoms with Crippen LogP contribution in [0.3, 0.4) is 0 Å². The lowest BCUT2D eigenvalue weighted by atomic mass is 9.86. The van der Waals surface area contributed by atoms with Gasteiger partial charge >= 0.3 is 5.97 Å². The van der Waals surface area contributed by atoms with Crippen molar-refractivity contribution in [1.82, 2.24) is 5.32 Å². The van der Waals surface area contributed by atoms with Crippen LogP contribution < -0.4 is 5.32 Å². The van der Waals surface area contributed by atoms with Crippen LogP contribution in [0.2, 0.25) is 5.02 Å². The van der Waals surface area contributed by atoms with Gasteiger partial charge in [0, 0.05) is 17.0 Å². The molecule has 0 aliphatic heterocycles. The van der Waals surface area contributed by atoms with Crippen molar-refractivity contribution >= 4 is 23.5 Å². The van der Waals surface area contributed by atoms with Crippen LogP contribution in [0.25, 0.3) is 0 Å². The van der Waals surface area contributed by atoms with E-state index in [4.69, 9.17) is 16.3 Å². The normalized spacial score (nSPS) is 12.3. The fourth-order valence-corrected chi connectivity index (χ4v) is 2.68. The number of ether oxygens (including phenoxy) is 1. The topological polar surface area (TPSA) is 55.4 Å². The molecule has 0 aromatic heterocycles. The van der Waals surface area contributed by atoms with Gasteiger partial charge in [0.05, 0.1) is 7.11 Å². The molecule has 0 fully saturated rings. The lowest BCUT2D eigenvalue weighted by Crippen LogP contribution is -2.43. The Labute approximate surface area is 159 Å². The van der Waals surface area contributed by atoms with Crippen molar-refractivity contribution in [2.75, 3.05) is 7.11 Å². The quantitative estimate of drug-likeness (QED) is 0.801. The minimum atomic E-state index is -0.760. The smallest absolute Gasteiger partial charge is 0.328 e. The molecule has 1 atom stereocenters. The van der Waals surface area contributed by atoms with Crippen molar-refractivity contribution in [2.45, 2.75) is 38.6 Å². The van der Waals surface area contributed by atoms with Gasteiger partial charge in [-0.05, 0) is 40.8 Å². The molecule has 0 heterocycles. The molecule has 2 rings (SSSR count). The molecule has 1 amide bonds. The standard InChI is InChI=1S/C21H24ClNO3/c1-21(2,3)16-9-5-14(6-10-16)13-18(20(25)26-4)23-19(24)15-7-11-17(22)12-8-15/h5-12,18H,13H2,1-4H3,(H,23,24)/t18-/m1/s1. The van der Waals surface area contributed by atoms with Gasteiger partial charge in [0.15, 0.2) is 0 Å². The van der Waals surface area contributed by atoms with Crippen molar-refractivity contribution in [3.63, 3.8) is 0 Å². The zero-order valence-electron chi connectivity index (χ0n) is 15.5.